The van der Waals surface area contributed by atoms with Gasteiger partial charge in [-0.15, -0.1) is 0 Å². The van der Waals surface area contributed by atoms with Gasteiger partial charge in [0.1, 0.15) is 16.7 Å². The van der Waals surface area contributed by atoms with Gasteiger partial charge >= 0.3 is 12.1 Å². The molecule has 182 valence electrons. The molecule has 3 aromatic rings. The number of aryl methyl sites for hydroxylation is 1. The predicted octanol–water partition coefficient (Wildman–Crippen LogP) is 2.05. The number of hydrogen-bond donors (Lipinski definition) is 2. The maximum atomic E-state index is 12.6. The molecule has 11 nitrogen and oxygen atoms in total. The number of fused-ring (bicyclic) bond motifs is 1. The zero-order valence-electron chi connectivity index (χ0n) is 18.6. The molecule has 0 saturated heterocycles. The van der Waals surface area contributed by atoms with E-state index in [-0.39, 0.29) is 22.7 Å². The fraction of sp³-hybridized carbons (Fsp3) is 0.450. The predicted molar refractivity (Wildman–Crippen MR) is 113 cm³/mol. The van der Waals surface area contributed by atoms with E-state index in [9.17, 15) is 18.0 Å². The summed E-state index contributed by atoms with van der Waals surface area (Å²) in [6.07, 6.45) is -3.14. The van der Waals surface area contributed by atoms with Crippen molar-refractivity contribution in [3.8, 4) is 29.1 Å². The average molecular weight is 481 g/mol. The van der Waals surface area contributed by atoms with Crippen molar-refractivity contribution in [1.82, 2.24) is 24.8 Å². The summed E-state index contributed by atoms with van der Waals surface area (Å²) in [4.78, 5) is 20.0. The van der Waals surface area contributed by atoms with Crippen LogP contribution in [-0.2, 0) is 16.1 Å². The Morgan fingerprint density at radius 3 is 2.62 bits per heavy atom. The van der Waals surface area contributed by atoms with Gasteiger partial charge in [0, 0.05) is 6.54 Å². The molecule has 4 N–H and O–H groups in total. The zero-order chi connectivity index (χ0) is 25.1. The number of esters is 1. The fourth-order valence-electron chi connectivity index (χ4n) is 2.94. The first-order chi connectivity index (χ1) is 16.0. The first-order valence-electron chi connectivity index (χ1n) is 10.1. The molecule has 0 atom stereocenters. The van der Waals surface area contributed by atoms with Gasteiger partial charge in [-0.1, -0.05) is 0 Å². The molecule has 0 aliphatic carbocycles. The van der Waals surface area contributed by atoms with E-state index in [0.717, 1.165) is 0 Å². The molecule has 0 fully saturated rings. The molecule has 14 heteroatoms. The second-order valence-corrected chi connectivity index (χ2v) is 7.48. The van der Waals surface area contributed by atoms with Gasteiger partial charge in [0.15, 0.2) is 28.7 Å². The molecule has 0 saturated carbocycles. The number of halogens is 3. The molecule has 0 bridgehead atoms. The minimum absolute atomic E-state index is 0.0106. The van der Waals surface area contributed by atoms with Crippen LogP contribution in [0.15, 0.2) is 10.8 Å². The van der Waals surface area contributed by atoms with E-state index in [4.69, 9.17) is 16.2 Å². The molecule has 3 rings (SSSR count). The highest BCUT2D eigenvalue weighted by Crippen LogP contribution is 2.33. The Balaban J connectivity index is 2.13. The molecule has 34 heavy (non-hydrogen) atoms. The van der Waals surface area contributed by atoms with Gasteiger partial charge in [-0.2, -0.15) is 13.2 Å². The van der Waals surface area contributed by atoms with Crippen LogP contribution in [0.3, 0.4) is 0 Å². The summed E-state index contributed by atoms with van der Waals surface area (Å²) >= 11 is 0. The maximum absolute atomic E-state index is 12.6. The molecule has 0 radical (unpaired) electrons. The van der Waals surface area contributed by atoms with Crippen molar-refractivity contribution in [2.24, 2.45) is 5.73 Å². The van der Waals surface area contributed by atoms with E-state index in [1.165, 1.54) is 20.0 Å². The van der Waals surface area contributed by atoms with E-state index < -0.39 is 17.7 Å². The second-order valence-electron chi connectivity index (χ2n) is 7.48. The topological polar surface area (TPSA) is 157 Å². The average Bonchev–Trinajstić information content (AvgIpc) is 3.35. The zero-order valence-corrected chi connectivity index (χ0v) is 18.6. The Hall–Kier alpha value is -3.86. The normalized spacial score (nSPS) is 11.9. The highest BCUT2D eigenvalue weighted by molar-refractivity contribution is 5.89. The van der Waals surface area contributed by atoms with Crippen LogP contribution < -0.4 is 16.2 Å². The van der Waals surface area contributed by atoms with E-state index in [0.29, 0.717) is 43.2 Å². The smallest absolute Gasteiger partial charge is 0.490 e. The number of alkyl halides is 3. The summed E-state index contributed by atoms with van der Waals surface area (Å²) in [5.41, 5.74) is 10.7. The molecule has 3 aromatic heterocycles. The number of pyridine rings is 1. The van der Waals surface area contributed by atoms with Gasteiger partial charge in [0.25, 0.3) is 0 Å². The van der Waals surface area contributed by atoms with Crippen molar-refractivity contribution in [3.63, 3.8) is 0 Å². The van der Waals surface area contributed by atoms with Crippen LogP contribution in [0.1, 0.15) is 32.9 Å². The third-order valence-corrected chi connectivity index (χ3v) is 4.45. The Kier molecular flexibility index (Phi) is 6.96. The summed E-state index contributed by atoms with van der Waals surface area (Å²) in [5.74, 6) is 3.51. The van der Waals surface area contributed by atoms with Crippen molar-refractivity contribution < 1.29 is 32.1 Å². The molecule has 3 heterocycles. The van der Waals surface area contributed by atoms with Crippen molar-refractivity contribution >= 4 is 22.8 Å². The molecule has 0 aliphatic heterocycles. The number of ether oxygens (including phenoxy) is 2. The lowest BCUT2D eigenvalue weighted by Gasteiger charge is -2.19. The summed E-state index contributed by atoms with van der Waals surface area (Å²) in [6, 6.07) is 0. The number of nitrogens with two attached hydrogens (primary N) is 2. The Labute approximate surface area is 191 Å². The summed E-state index contributed by atoms with van der Waals surface area (Å²) in [5, 5.41) is 7.36. The van der Waals surface area contributed by atoms with Gasteiger partial charge < -0.3 is 25.5 Å². The van der Waals surface area contributed by atoms with Crippen LogP contribution in [0.5, 0.6) is 5.75 Å². The highest BCUT2D eigenvalue weighted by Gasteiger charge is 2.43. The molecular weight excluding hydrogens is 459 g/mol. The quantitative estimate of drug-likeness (QED) is 0.291. The van der Waals surface area contributed by atoms with Crippen molar-refractivity contribution in [2.75, 3.05) is 18.9 Å². The Morgan fingerprint density at radius 2 is 2.03 bits per heavy atom. The molecule has 0 aliphatic rings. The number of hydrogen-bond acceptors (Lipinski definition) is 10. The Morgan fingerprint density at radius 1 is 1.29 bits per heavy atom. The number of aromatic nitrogens is 5. The SMILES string of the molecule is CCn1c(-c2nonc2N)nc2c(C#CC(C)(C)OC(=O)C(F)(F)F)ncc(OCCCN)c21. The monoisotopic (exact) mass is 481 g/mol. The standard InChI is InChI=1S/C20H22F3N7O4/c1-4-30-15-12(32-9-5-8-24)10-26-11(6-7-19(2,3)33-18(31)20(21,22)23)13(15)27-17(30)14-16(25)29-34-28-14/h10H,4-5,8-9,24H2,1-3H3,(H2,25,29). The third kappa shape index (κ3) is 5.20. The van der Waals surface area contributed by atoms with Crippen molar-refractivity contribution in [1.29, 1.82) is 0 Å². The van der Waals surface area contributed by atoms with Gasteiger partial charge in [-0.25, -0.2) is 19.4 Å². The minimum atomic E-state index is -5.15. The minimum Gasteiger partial charge on any atom is -0.490 e. The number of imidazole rings is 1. The number of anilines is 1. The van der Waals surface area contributed by atoms with Crippen LogP contribution in [-0.4, -0.2) is 55.7 Å². The molecule has 0 spiro atoms. The number of nitrogen functional groups attached to an aromatic ring is 1. The number of nitrogens with zero attached hydrogens (tertiary/aromatic N) is 5. The number of rotatable bonds is 7. The molecule has 0 unspecified atom stereocenters. The first-order valence-corrected chi connectivity index (χ1v) is 10.1. The van der Waals surface area contributed by atoms with E-state index in [1.807, 2.05) is 6.92 Å². The summed E-state index contributed by atoms with van der Waals surface area (Å²) < 4.78 is 54.5. The molecule has 0 amide bonds. The summed E-state index contributed by atoms with van der Waals surface area (Å²) in [6.45, 7) is 5.45. The van der Waals surface area contributed by atoms with Crippen LogP contribution >= 0.6 is 0 Å². The van der Waals surface area contributed by atoms with Gasteiger partial charge in [-0.05, 0) is 55.9 Å². The number of carbonyl (C=O) groups is 1. The number of carbonyl (C=O) groups excluding carboxylic acids is 1. The second kappa shape index (κ2) is 9.56. The van der Waals surface area contributed by atoms with Crippen LogP contribution in [0.4, 0.5) is 19.0 Å². The maximum Gasteiger partial charge on any atom is 0.490 e. The van der Waals surface area contributed by atoms with E-state index in [1.54, 1.807) is 4.57 Å². The van der Waals surface area contributed by atoms with Crippen LogP contribution in [0.2, 0.25) is 0 Å². The first kappa shape index (κ1) is 24.8. The van der Waals surface area contributed by atoms with Crippen molar-refractivity contribution in [2.45, 2.75) is 45.5 Å². The van der Waals surface area contributed by atoms with Crippen molar-refractivity contribution in [3.05, 3.63) is 11.9 Å². The lowest BCUT2D eigenvalue weighted by atomic mass is 10.1. The van der Waals surface area contributed by atoms with Crippen LogP contribution in [0.25, 0.3) is 22.6 Å². The van der Waals surface area contributed by atoms with Gasteiger partial charge in [0.2, 0.25) is 0 Å². The molecular formula is C20H22F3N7O4. The van der Waals surface area contributed by atoms with E-state index >= 15 is 0 Å². The lowest BCUT2D eigenvalue weighted by molar-refractivity contribution is -0.207. The molecule has 0 aromatic carbocycles. The van der Waals surface area contributed by atoms with Crippen LogP contribution in [0, 0.1) is 11.8 Å². The third-order valence-electron chi connectivity index (χ3n) is 4.45. The van der Waals surface area contributed by atoms with E-state index in [2.05, 4.69) is 41.5 Å². The largest absolute Gasteiger partial charge is 0.490 e. The summed E-state index contributed by atoms with van der Waals surface area (Å²) in [7, 11) is 0. The lowest BCUT2D eigenvalue weighted by Crippen LogP contribution is -2.34. The van der Waals surface area contributed by atoms with Gasteiger partial charge in [0.05, 0.1) is 12.8 Å². The van der Waals surface area contributed by atoms with Gasteiger partial charge in [-0.3, -0.25) is 0 Å². The fourth-order valence-corrected chi connectivity index (χ4v) is 2.94. The Bertz CT molecular complexity index is 1250. The highest BCUT2D eigenvalue weighted by atomic mass is 19.4.